The molecular formula is C10H8ClF4NO2. The summed E-state index contributed by atoms with van der Waals surface area (Å²) in [4.78, 5) is 10.5. The molecule has 1 aromatic carbocycles. The molecule has 3 nitrogen and oxygen atoms in total. The number of hydrogen-bond acceptors (Lipinski definition) is 2. The maximum atomic E-state index is 13.5. The van der Waals surface area contributed by atoms with Gasteiger partial charge in [0.15, 0.2) is 0 Å². The molecule has 8 heteroatoms. The summed E-state index contributed by atoms with van der Waals surface area (Å²) in [6.45, 7) is 0. The minimum Gasteiger partial charge on any atom is -0.480 e. The van der Waals surface area contributed by atoms with Gasteiger partial charge in [-0.15, -0.1) is 0 Å². The Hall–Kier alpha value is -1.34. The Morgan fingerprint density at radius 2 is 2.00 bits per heavy atom. The number of halogens is 5. The number of hydrogen-bond donors (Lipinski definition) is 2. The van der Waals surface area contributed by atoms with E-state index in [-0.39, 0.29) is 0 Å². The minimum atomic E-state index is -4.81. The molecule has 1 unspecified atom stereocenters. The van der Waals surface area contributed by atoms with E-state index in [1.807, 2.05) is 0 Å². The molecule has 0 aromatic heterocycles. The van der Waals surface area contributed by atoms with Gasteiger partial charge in [0.2, 0.25) is 0 Å². The van der Waals surface area contributed by atoms with Crippen LogP contribution in [0.5, 0.6) is 0 Å². The Labute approximate surface area is 104 Å². The van der Waals surface area contributed by atoms with Crippen molar-refractivity contribution < 1.29 is 27.5 Å². The summed E-state index contributed by atoms with van der Waals surface area (Å²) < 4.78 is 51.4. The summed E-state index contributed by atoms with van der Waals surface area (Å²) in [5, 5.41) is 8.02. The first-order valence-corrected chi connectivity index (χ1v) is 5.05. The van der Waals surface area contributed by atoms with Gasteiger partial charge in [0.25, 0.3) is 0 Å². The van der Waals surface area contributed by atoms with E-state index in [1.165, 1.54) is 0 Å². The summed E-state index contributed by atoms with van der Waals surface area (Å²) in [6, 6.07) is -0.288. The number of carboxylic acid groups (broad SMARTS) is 1. The van der Waals surface area contributed by atoms with Crippen molar-refractivity contribution in [3.63, 3.8) is 0 Å². The standard InChI is InChI=1S/C10H8ClF4NO2/c11-6-2-1-5(10(13,14)15)4(8(6)12)3-7(16)9(17)18/h1-2,7H,3,16H2,(H,17,18). The summed E-state index contributed by atoms with van der Waals surface area (Å²) in [7, 11) is 0. The number of benzene rings is 1. The van der Waals surface area contributed by atoms with Crippen molar-refractivity contribution in [3.8, 4) is 0 Å². The molecule has 0 amide bonds. The van der Waals surface area contributed by atoms with Gasteiger partial charge in [-0.3, -0.25) is 4.79 Å². The largest absolute Gasteiger partial charge is 0.480 e. The number of carbonyl (C=O) groups is 1. The van der Waals surface area contributed by atoms with Crippen molar-refractivity contribution in [1.29, 1.82) is 0 Å². The SMILES string of the molecule is NC(Cc1c(C(F)(F)F)ccc(Cl)c1F)C(=O)O. The number of aliphatic carboxylic acids is 1. The second kappa shape index (κ2) is 5.11. The van der Waals surface area contributed by atoms with Crippen molar-refractivity contribution in [1.82, 2.24) is 0 Å². The van der Waals surface area contributed by atoms with E-state index in [4.69, 9.17) is 22.4 Å². The predicted molar refractivity (Wildman–Crippen MR) is 55.7 cm³/mol. The summed E-state index contributed by atoms with van der Waals surface area (Å²) in [5.41, 5.74) is 2.98. The average molecular weight is 286 g/mol. The predicted octanol–water partition coefficient (Wildman–Crippen LogP) is 2.45. The number of alkyl halides is 3. The van der Waals surface area contributed by atoms with Crippen LogP contribution in [0.1, 0.15) is 11.1 Å². The smallest absolute Gasteiger partial charge is 0.416 e. The highest BCUT2D eigenvalue weighted by Gasteiger charge is 2.36. The fourth-order valence-electron chi connectivity index (χ4n) is 1.37. The van der Waals surface area contributed by atoms with Crippen LogP contribution >= 0.6 is 11.6 Å². The molecule has 0 saturated carbocycles. The van der Waals surface area contributed by atoms with E-state index in [1.54, 1.807) is 0 Å². The monoisotopic (exact) mass is 285 g/mol. The number of rotatable bonds is 3. The Balaban J connectivity index is 3.30. The Bertz CT molecular complexity index is 476. The molecule has 0 bridgehead atoms. The van der Waals surface area contributed by atoms with E-state index in [2.05, 4.69) is 0 Å². The molecule has 0 radical (unpaired) electrons. The fraction of sp³-hybridized carbons (Fsp3) is 0.300. The molecule has 1 rings (SSSR count). The number of carboxylic acids is 1. The highest BCUT2D eigenvalue weighted by Crippen LogP contribution is 2.35. The van der Waals surface area contributed by atoms with E-state index < -0.39 is 46.6 Å². The molecule has 0 aliphatic rings. The van der Waals surface area contributed by atoms with E-state index in [9.17, 15) is 22.4 Å². The molecule has 0 heterocycles. The van der Waals surface area contributed by atoms with Crippen LogP contribution in [0.2, 0.25) is 5.02 Å². The van der Waals surface area contributed by atoms with E-state index >= 15 is 0 Å². The van der Waals surface area contributed by atoms with Crippen LogP contribution in [0.4, 0.5) is 17.6 Å². The van der Waals surface area contributed by atoms with Gasteiger partial charge in [0, 0.05) is 12.0 Å². The molecule has 3 N–H and O–H groups in total. The van der Waals surface area contributed by atoms with Crippen LogP contribution < -0.4 is 5.73 Å². The Morgan fingerprint density at radius 3 is 2.44 bits per heavy atom. The lowest BCUT2D eigenvalue weighted by Gasteiger charge is -2.16. The lowest BCUT2D eigenvalue weighted by atomic mass is 9.99. The normalized spacial score (nSPS) is 13.4. The lowest BCUT2D eigenvalue weighted by Crippen LogP contribution is -2.33. The van der Waals surface area contributed by atoms with Crippen LogP contribution in [-0.4, -0.2) is 17.1 Å². The number of nitrogens with two attached hydrogens (primary N) is 1. The lowest BCUT2D eigenvalue weighted by molar-refractivity contribution is -0.141. The van der Waals surface area contributed by atoms with Gasteiger partial charge in [-0.1, -0.05) is 11.6 Å². The van der Waals surface area contributed by atoms with Crippen molar-refractivity contribution in [2.45, 2.75) is 18.6 Å². The second-order valence-electron chi connectivity index (χ2n) is 3.53. The highest BCUT2D eigenvalue weighted by molar-refractivity contribution is 6.30. The summed E-state index contributed by atoms with van der Waals surface area (Å²) >= 11 is 5.37. The fourth-order valence-corrected chi connectivity index (χ4v) is 1.54. The van der Waals surface area contributed by atoms with Crippen LogP contribution in [0.3, 0.4) is 0 Å². The first-order chi connectivity index (χ1) is 8.14. The first-order valence-electron chi connectivity index (χ1n) is 4.67. The molecular weight excluding hydrogens is 278 g/mol. The average Bonchev–Trinajstić information content (AvgIpc) is 2.22. The van der Waals surface area contributed by atoms with Crippen LogP contribution in [0.15, 0.2) is 12.1 Å². The molecule has 18 heavy (non-hydrogen) atoms. The van der Waals surface area contributed by atoms with E-state index in [0.717, 1.165) is 6.07 Å². The zero-order chi connectivity index (χ0) is 14.1. The molecule has 100 valence electrons. The molecule has 0 aliphatic heterocycles. The van der Waals surface area contributed by atoms with Crippen molar-refractivity contribution >= 4 is 17.6 Å². The van der Waals surface area contributed by atoms with Crippen molar-refractivity contribution in [3.05, 3.63) is 34.1 Å². The van der Waals surface area contributed by atoms with Crippen LogP contribution in [0.25, 0.3) is 0 Å². The quantitative estimate of drug-likeness (QED) is 0.839. The third-order valence-electron chi connectivity index (χ3n) is 2.24. The van der Waals surface area contributed by atoms with Crippen molar-refractivity contribution in [2.75, 3.05) is 0 Å². The molecule has 1 atom stereocenters. The zero-order valence-corrected chi connectivity index (χ0v) is 9.52. The molecule has 0 saturated heterocycles. The Kier molecular flexibility index (Phi) is 4.18. The first kappa shape index (κ1) is 14.7. The van der Waals surface area contributed by atoms with Gasteiger partial charge in [0.1, 0.15) is 11.9 Å². The zero-order valence-electron chi connectivity index (χ0n) is 8.76. The van der Waals surface area contributed by atoms with Crippen LogP contribution in [0, 0.1) is 5.82 Å². The van der Waals surface area contributed by atoms with Gasteiger partial charge in [0.05, 0.1) is 10.6 Å². The van der Waals surface area contributed by atoms with Gasteiger partial charge >= 0.3 is 12.1 Å². The van der Waals surface area contributed by atoms with E-state index in [0.29, 0.717) is 6.07 Å². The maximum Gasteiger partial charge on any atom is 0.416 e. The molecule has 0 fully saturated rings. The summed E-state index contributed by atoms with van der Waals surface area (Å²) in [6.07, 6.45) is -5.60. The molecule has 0 aliphatic carbocycles. The maximum absolute atomic E-state index is 13.5. The van der Waals surface area contributed by atoms with Crippen molar-refractivity contribution in [2.24, 2.45) is 5.73 Å². The highest BCUT2D eigenvalue weighted by atomic mass is 35.5. The third-order valence-corrected chi connectivity index (χ3v) is 2.53. The van der Waals surface area contributed by atoms with Gasteiger partial charge in [-0.25, -0.2) is 4.39 Å². The topological polar surface area (TPSA) is 63.3 Å². The summed E-state index contributed by atoms with van der Waals surface area (Å²) in [5.74, 6) is -2.83. The van der Waals surface area contributed by atoms with Gasteiger partial charge < -0.3 is 10.8 Å². The minimum absolute atomic E-state index is 0.518. The van der Waals surface area contributed by atoms with Crippen LogP contribution in [-0.2, 0) is 17.4 Å². The Morgan fingerprint density at radius 1 is 1.44 bits per heavy atom. The van der Waals surface area contributed by atoms with Gasteiger partial charge in [-0.05, 0) is 12.1 Å². The molecule has 0 spiro atoms. The third kappa shape index (κ3) is 3.11. The molecule has 1 aromatic rings. The van der Waals surface area contributed by atoms with Gasteiger partial charge in [-0.2, -0.15) is 13.2 Å². The second-order valence-corrected chi connectivity index (χ2v) is 3.94.